The number of amides is 2. The zero-order valence-electron chi connectivity index (χ0n) is 14.5. The summed E-state index contributed by atoms with van der Waals surface area (Å²) in [7, 11) is 2.15. The van der Waals surface area contributed by atoms with Gasteiger partial charge in [-0.05, 0) is 16.3 Å². The van der Waals surface area contributed by atoms with Crippen LogP contribution in [-0.4, -0.2) is 56.6 Å². The lowest BCUT2D eigenvalue weighted by Gasteiger charge is -2.30. The zero-order valence-corrected chi connectivity index (χ0v) is 14.5. The molecular weight excluding hydrogens is 316 g/mol. The van der Waals surface area contributed by atoms with Crippen LogP contribution in [0.5, 0.6) is 0 Å². The Morgan fingerprint density at radius 3 is 2.56 bits per heavy atom. The van der Waals surface area contributed by atoms with Gasteiger partial charge >= 0.3 is 0 Å². The van der Waals surface area contributed by atoms with Gasteiger partial charge in [-0.25, -0.2) is 5.01 Å². The Labute approximate surface area is 147 Å². The maximum Gasteiger partial charge on any atom is 0.253 e. The lowest BCUT2D eigenvalue weighted by molar-refractivity contribution is -0.884. The highest BCUT2D eigenvalue weighted by molar-refractivity contribution is 5.91. The first-order valence-electron chi connectivity index (χ1n) is 8.71. The van der Waals surface area contributed by atoms with Crippen LogP contribution in [0, 0.1) is 0 Å². The normalized spacial score (nSPS) is 15.9. The summed E-state index contributed by atoms with van der Waals surface area (Å²) in [5, 5.41) is 6.82. The molecule has 0 radical (unpaired) electrons. The molecule has 132 valence electrons. The first-order valence-corrected chi connectivity index (χ1v) is 8.71. The van der Waals surface area contributed by atoms with Gasteiger partial charge in [0.15, 0.2) is 0 Å². The maximum absolute atomic E-state index is 12.2. The van der Waals surface area contributed by atoms with Crippen molar-refractivity contribution < 1.29 is 14.5 Å². The summed E-state index contributed by atoms with van der Waals surface area (Å²) in [4.78, 5) is 25.6. The Hall–Kier alpha value is -2.44. The van der Waals surface area contributed by atoms with Crippen molar-refractivity contribution in [1.82, 2.24) is 15.8 Å². The number of carbonyl (C=O) groups excluding carboxylic acids is 2. The molecular formula is C19H25N4O2+. The molecule has 0 atom stereocenters. The number of rotatable bonds is 5. The van der Waals surface area contributed by atoms with Gasteiger partial charge in [0.25, 0.3) is 5.91 Å². The number of quaternary nitrogens is 1. The van der Waals surface area contributed by atoms with E-state index in [-0.39, 0.29) is 24.8 Å². The number of hydrazine groups is 1. The molecule has 0 aliphatic carbocycles. The second-order valence-electron chi connectivity index (χ2n) is 6.57. The summed E-state index contributed by atoms with van der Waals surface area (Å²) in [6.45, 7) is 3.69. The molecule has 6 nitrogen and oxygen atoms in total. The molecule has 6 heteroatoms. The lowest BCUT2D eigenvalue weighted by atomic mass is 10.0. The van der Waals surface area contributed by atoms with Crippen molar-refractivity contribution in [1.29, 1.82) is 0 Å². The average molecular weight is 341 g/mol. The average Bonchev–Trinajstić information content (AvgIpc) is 2.62. The largest absolute Gasteiger partial charge is 0.347 e. The van der Waals surface area contributed by atoms with Crippen LogP contribution in [0.25, 0.3) is 10.8 Å². The Bertz CT molecular complexity index is 749. The van der Waals surface area contributed by atoms with Crippen LogP contribution in [0.15, 0.2) is 42.5 Å². The molecule has 0 unspecified atom stereocenters. The molecule has 1 aliphatic rings. The monoisotopic (exact) mass is 341 g/mol. The SMILES string of the molecule is C[NH+]1CCN(NC(=O)CNC(=O)Cc2cccc3ccccc23)CC1. The van der Waals surface area contributed by atoms with Crippen molar-refractivity contribution in [3.63, 3.8) is 0 Å². The van der Waals surface area contributed by atoms with E-state index in [1.54, 1.807) is 0 Å². The van der Waals surface area contributed by atoms with Crippen LogP contribution in [0.3, 0.4) is 0 Å². The van der Waals surface area contributed by atoms with Gasteiger partial charge in [0.05, 0.1) is 46.2 Å². The molecule has 1 heterocycles. The predicted molar refractivity (Wildman–Crippen MR) is 97.0 cm³/mol. The number of likely N-dealkylation sites (N-methyl/N-ethyl adjacent to an activating group) is 1. The minimum absolute atomic E-state index is 0.00277. The van der Waals surface area contributed by atoms with E-state index in [4.69, 9.17) is 0 Å². The summed E-state index contributed by atoms with van der Waals surface area (Å²) < 4.78 is 0. The van der Waals surface area contributed by atoms with Crippen molar-refractivity contribution in [2.45, 2.75) is 6.42 Å². The molecule has 3 rings (SSSR count). The van der Waals surface area contributed by atoms with E-state index in [0.717, 1.165) is 42.5 Å². The van der Waals surface area contributed by atoms with Crippen molar-refractivity contribution >= 4 is 22.6 Å². The molecule has 2 amide bonds. The van der Waals surface area contributed by atoms with E-state index in [9.17, 15) is 9.59 Å². The highest BCUT2D eigenvalue weighted by Crippen LogP contribution is 2.18. The van der Waals surface area contributed by atoms with Gasteiger partial charge in [0.2, 0.25) is 5.91 Å². The number of hydrogen-bond acceptors (Lipinski definition) is 3. The molecule has 2 aromatic rings. The Kier molecular flexibility index (Phi) is 5.63. The molecule has 1 aliphatic heterocycles. The van der Waals surface area contributed by atoms with Crippen molar-refractivity contribution in [2.24, 2.45) is 0 Å². The van der Waals surface area contributed by atoms with E-state index < -0.39 is 0 Å². The van der Waals surface area contributed by atoms with Gasteiger partial charge in [-0.2, -0.15) is 0 Å². The number of carbonyl (C=O) groups is 2. The summed E-state index contributed by atoms with van der Waals surface area (Å²) in [6, 6.07) is 13.9. The van der Waals surface area contributed by atoms with E-state index in [0.29, 0.717) is 0 Å². The molecule has 1 saturated heterocycles. The number of hydrogen-bond donors (Lipinski definition) is 3. The lowest BCUT2D eigenvalue weighted by Crippen LogP contribution is -3.12. The van der Waals surface area contributed by atoms with Gasteiger partial charge in [0, 0.05) is 0 Å². The Morgan fingerprint density at radius 1 is 1.04 bits per heavy atom. The smallest absolute Gasteiger partial charge is 0.253 e. The van der Waals surface area contributed by atoms with Crippen LogP contribution < -0.4 is 15.6 Å². The standard InChI is InChI=1S/C19H24N4O2/c1-22-9-11-23(12-10-22)21-19(25)14-20-18(24)13-16-7-4-6-15-5-2-3-8-17(15)16/h2-8H,9-14H2,1H3,(H,20,24)(H,21,25)/p+1. The number of benzene rings is 2. The third-order valence-corrected chi connectivity index (χ3v) is 4.58. The van der Waals surface area contributed by atoms with Crippen LogP contribution in [0.4, 0.5) is 0 Å². The van der Waals surface area contributed by atoms with Crippen LogP contribution in [0.1, 0.15) is 5.56 Å². The van der Waals surface area contributed by atoms with E-state index >= 15 is 0 Å². The Morgan fingerprint density at radius 2 is 1.76 bits per heavy atom. The fourth-order valence-corrected chi connectivity index (χ4v) is 3.08. The molecule has 0 aromatic heterocycles. The quantitative estimate of drug-likeness (QED) is 0.678. The van der Waals surface area contributed by atoms with E-state index in [2.05, 4.69) is 17.8 Å². The van der Waals surface area contributed by atoms with Gasteiger partial charge in [-0.1, -0.05) is 42.5 Å². The van der Waals surface area contributed by atoms with Gasteiger partial charge in [-0.15, -0.1) is 0 Å². The summed E-state index contributed by atoms with van der Waals surface area (Å²) in [5.41, 5.74) is 3.83. The number of fused-ring (bicyclic) bond motifs is 1. The first kappa shape index (κ1) is 17.4. The minimum atomic E-state index is -0.175. The fraction of sp³-hybridized carbons (Fsp3) is 0.368. The minimum Gasteiger partial charge on any atom is -0.347 e. The fourth-order valence-electron chi connectivity index (χ4n) is 3.08. The second kappa shape index (κ2) is 8.09. The third-order valence-electron chi connectivity index (χ3n) is 4.58. The van der Waals surface area contributed by atoms with Gasteiger partial charge < -0.3 is 10.2 Å². The highest BCUT2D eigenvalue weighted by Gasteiger charge is 2.18. The number of nitrogens with zero attached hydrogens (tertiary/aromatic N) is 1. The first-order chi connectivity index (χ1) is 12.1. The molecule has 2 aromatic carbocycles. The third kappa shape index (κ3) is 4.78. The van der Waals surface area contributed by atoms with Crippen LogP contribution >= 0.6 is 0 Å². The predicted octanol–water partition coefficient (Wildman–Crippen LogP) is -0.640. The molecule has 0 spiro atoms. The number of nitrogens with one attached hydrogen (secondary N) is 3. The van der Waals surface area contributed by atoms with Gasteiger partial charge in [0.1, 0.15) is 0 Å². The molecule has 3 N–H and O–H groups in total. The molecule has 25 heavy (non-hydrogen) atoms. The Balaban J connectivity index is 1.48. The zero-order chi connectivity index (χ0) is 17.6. The second-order valence-corrected chi connectivity index (χ2v) is 6.57. The van der Waals surface area contributed by atoms with E-state index in [1.165, 1.54) is 4.90 Å². The van der Waals surface area contributed by atoms with Crippen molar-refractivity contribution in [2.75, 3.05) is 39.8 Å². The van der Waals surface area contributed by atoms with Gasteiger partial charge in [-0.3, -0.25) is 15.0 Å². The maximum atomic E-state index is 12.2. The van der Waals surface area contributed by atoms with Crippen LogP contribution in [0.2, 0.25) is 0 Å². The summed E-state index contributed by atoms with van der Waals surface area (Å²) >= 11 is 0. The molecule has 0 bridgehead atoms. The molecule has 0 saturated carbocycles. The topological polar surface area (TPSA) is 65.9 Å². The molecule has 1 fully saturated rings. The van der Waals surface area contributed by atoms with Crippen molar-refractivity contribution in [3.05, 3.63) is 48.0 Å². The highest BCUT2D eigenvalue weighted by atomic mass is 16.2. The van der Waals surface area contributed by atoms with Crippen LogP contribution in [-0.2, 0) is 16.0 Å². The van der Waals surface area contributed by atoms with E-state index in [1.807, 2.05) is 47.5 Å². The summed E-state index contributed by atoms with van der Waals surface area (Å²) in [5.74, 6) is -0.319. The van der Waals surface area contributed by atoms with Crippen molar-refractivity contribution in [3.8, 4) is 0 Å². The number of piperazine rings is 1. The summed E-state index contributed by atoms with van der Waals surface area (Å²) in [6.07, 6.45) is 0.270.